The predicted octanol–water partition coefficient (Wildman–Crippen LogP) is 5.29. The SMILES string of the molecule is CCC(/C=C(\C#N)C(N)=C(C#N)C#N)=C1C=C(C(C)(C)C)OC(C(C)(C)C)=C1. The fourth-order valence-corrected chi connectivity index (χ4v) is 2.44. The molecular weight excluding hydrogens is 348 g/mol. The number of nitrogens with two attached hydrogens (primary N) is 1. The van der Waals surface area contributed by atoms with Crippen LogP contribution in [0.25, 0.3) is 0 Å². The number of nitrogens with zero attached hydrogens (tertiary/aromatic N) is 3. The maximum absolute atomic E-state index is 9.51. The van der Waals surface area contributed by atoms with Crippen molar-refractivity contribution >= 4 is 0 Å². The van der Waals surface area contributed by atoms with Crippen LogP contribution in [0, 0.1) is 44.8 Å². The number of allylic oxidation sites excluding steroid dienone is 9. The fraction of sp³-hybridized carbons (Fsp3) is 0.435. The molecule has 0 saturated heterocycles. The molecule has 0 aromatic heterocycles. The summed E-state index contributed by atoms with van der Waals surface area (Å²) in [6.07, 6.45) is 6.26. The van der Waals surface area contributed by atoms with Gasteiger partial charge in [-0.1, -0.05) is 48.5 Å². The molecule has 2 N–H and O–H groups in total. The summed E-state index contributed by atoms with van der Waals surface area (Å²) in [5, 5.41) is 27.6. The molecule has 1 heterocycles. The van der Waals surface area contributed by atoms with E-state index >= 15 is 0 Å². The van der Waals surface area contributed by atoms with Crippen molar-refractivity contribution in [2.24, 2.45) is 16.6 Å². The first-order chi connectivity index (χ1) is 12.9. The minimum Gasteiger partial charge on any atom is -0.465 e. The Morgan fingerprint density at radius 1 is 0.964 bits per heavy atom. The van der Waals surface area contributed by atoms with Crippen LogP contribution in [0.4, 0.5) is 0 Å². The molecule has 0 unspecified atom stereocenters. The molecule has 5 heteroatoms. The van der Waals surface area contributed by atoms with Crippen LogP contribution in [0.5, 0.6) is 0 Å². The van der Waals surface area contributed by atoms with Gasteiger partial charge in [0.25, 0.3) is 0 Å². The molecule has 0 atom stereocenters. The zero-order chi connectivity index (χ0) is 21.7. The largest absolute Gasteiger partial charge is 0.465 e. The van der Waals surface area contributed by atoms with Crippen LogP contribution in [-0.4, -0.2) is 0 Å². The lowest BCUT2D eigenvalue weighted by molar-refractivity contribution is 0.161. The van der Waals surface area contributed by atoms with E-state index in [9.17, 15) is 5.26 Å². The highest BCUT2D eigenvalue weighted by Crippen LogP contribution is 2.40. The van der Waals surface area contributed by atoms with Gasteiger partial charge in [-0.05, 0) is 35.8 Å². The average Bonchev–Trinajstić information content (AvgIpc) is 2.61. The molecule has 0 saturated carbocycles. The van der Waals surface area contributed by atoms with E-state index in [-0.39, 0.29) is 27.7 Å². The minimum absolute atomic E-state index is 0.102. The number of nitriles is 3. The van der Waals surface area contributed by atoms with Crippen molar-refractivity contribution in [2.45, 2.75) is 54.9 Å². The van der Waals surface area contributed by atoms with Gasteiger partial charge in [0.15, 0.2) is 5.57 Å². The van der Waals surface area contributed by atoms with Gasteiger partial charge in [-0.2, -0.15) is 15.8 Å². The second-order valence-corrected chi connectivity index (χ2v) is 8.64. The van der Waals surface area contributed by atoms with Gasteiger partial charge in [-0.25, -0.2) is 0 Å². The molecule has 0 aromatic rings. The number of ether oxygens (including phenoxy) is 1. The zero-order valence-electron chi connectivity index (χ0n) is 17.8. The second kappa shape index (κ2) is 8.64. The van der Waals surface area contributed by atoms with Crippen molar-refractivity contribution in [1.82, 2.24) is 0 Å². The van der Waals surface area contributed by atoms with E-state index in [2.05, 4.69) is 41.5 Å². The first kappa shape index (κ1) is 22.8. The standard InChI is InChI=1S/C23H28N4O/c1-8-15(9-17(12-24)21(27)18(13-25)14-26)16-10-19(22(2,3)4)28-20(11-16)23(5,6)7/h9-11H,8,27H2,1-7H3/b17-9+. The van der Waals surface area contributed by atoms with Crippen molar-refractivity contribution in [3.05, 3.63) is 57.7 Å². The molecule has 5 nitrogen and oxygen atoms in total. The van der Waals surface area contributed by atoms with Gasteiger partial charge in [0.1, 0.15) is 29.7 Å². The van der Waals surface area contributed by atoms with Crippen molar-refractivity contribution in [3.63, 3.8) is 0 Å². The molecule has 0 fully saturated rings. The van der Waals surface area contributed by atoms with Gasteiger partial charge in [0.2, 0.25) is 0 Å². The highest BCUT2D eigenvalue weighted by Gasteiger charge is 2.29. The molecule has 0 spiro atoms. The Kier molecular flexibility index (Phi) is 7.04. The van der Waals surface area contributed by atoms with Gasteiger partial charge in [-0.3, -0.25) is 0 Å². The lowest BCUT2D eigenvalue weighted by Gasteiger charge is -2.33. The maximum atomic E-state index is 9.51. The topological polar surface area (TPSA) is 107 Å². The highest BCUT2D eigenvalue weighted by atomic mass is 16.5. The van der Waals surface area contributed by atoms with Crippen molar-refractivity contribution in [1.29, 1.82) is 15.8 Å². The maximum Gasteiger partial charge on any atom is 0.153 e. The van der Waals surface area contributed by atoms with E-state index in [1.807, 2.05) is 25.1 Å². The Bertz CT molecular complexity index is 874. The number of hydrogen-bond acceptors (Lipinski definition) is 5. The summed E-state index contributed by atoms with van der Waals surface area (Å²) in [7, 11) is 0. The quantitative estimate of drug-likeness (QED) is 0.532. The Labute approximate surface area is 168 Å². The number of rotatable bonds is 3. The van der Waals surface area contributed by atoms with Crippen LogP contribution >= 0.6 is 0 Å². The Balaban J connectivity index is 3.76. The van der Waals surface area contributed by atoms with E-state index < -0.39 is 0 Å². The lowest BCUT2D eigenvalue weighted by Crippen LogP contribution is -2.21. The van der Waals surface area contributed by atoms with Crippen molar-refractivity contribution in [3.8, 4) is 18.2 Å². The summed E-state index contributed by atoms with van der Waals surface area (Å²) in [6, 6.07) is 5.47. The Morgan fingerprint density at radius 3 is 1.75 bits per heavy atom. The summed E-state index contributed by atoms with van der Waals surface area (Å²) in [5.41, 5.74) is 7.04. The van der Waals surface area contributed by atoms with E-state index in [4.69, 9.17) is 21.0 Å². The smallest absolute Gasteiger partial charge is 0.153 e. The first-order valence-corrected chi connectivity index (χ1v) is 9.16. The van der Waals surface area contributed by atoms with Crippen molar-refractivity contribution in [2.75, 3.05) is 0 Å². The van der Waals surface area contributed by atoms with Crippen molar-refractivity contribution < 1.29 is 4.74 Å². The molecule has 0 aromatic carbocycles. The third kappa shape index (κ3) is 5.38. The predicted molar refractivity (Wildman–Crippen MR) is 110 cm³/mol. The van der Waals surface area contributed by atoms with Gasteiger partial charge < -0.3 is 10.5 Å². The lowest BCUT2D eigenvalue weighted by atomic mass is 9.85. The van der Waals surface area contributed by atoms with E-state index in [0.717, 1.165) is 22.7 Å². The summed E-state index contributed by atoms with van der Waals surface area (Å²) in [4.78, 5) is 0. The first-order valence-electron chi connectivity index (χ1n) is 9.16. The van der Waals surface area contributed by atoms with Gasteiger partial charge in [0, 0.05) is 10.8 Å². The molecule has 0 bridgehead atoms. The normalized spacial score (nSPS) is 14.6. The molecule has 28 heavy (non-hydrogen) atoms. The molecule has 146 valence electrons. The third-order valence-electron chi connectivity index (χ3n) is 4.25. The van der Waals surface area contributed by atoms with E-state index in [0.29, 0.717) is 6.42 Å². The third-order valence-corrected chi connectivity index (χ3v) is 4.25. The Morgan fingerprint density at radius 2 is 1.43 bits per heavy atom. The van der Waals surface area contributed by atoms with Crippen LogP contribution in [0.3, 0.4) is 0 Å². The molecular formula is C23H28N4O. The minimum atomic E-state index is -0.267. The average molecular weight is 377 g/mol. The molecule has 1 aliphatic heterocycles. The summed E-state index contributed by atoms with van der Waals surface area (Å²) < 4.78 is 6.17. The zero-order valence-corrected chi connectivity index (χ0v) is 17.8. The second-order valence-electron chi connectivity index (χ2n) is 8.64. The van der Waals surface area contributed by atoms with Crippen LogP contribution in [0.2, 0.25) is 0 Å². The van der Waals surface area contributed by atoms with Crippen LogP contribution < -0.4 is 5.73 Å². The summed E-state index contributed by atoms with van der Waals surface area (Å²) >= 11 is 0. The molecule has 1 rings (SSSR count). The molecule has 0 radical (unpaired) electrons. The Hall–Kier alpha value is -3.23. The van der Waals surface area contributed by atoms with Crippen LogP contribution in [-0.2, 0) is 4.74 Å². The monoisotopic (exact) mass is 376 g/mol. The molecule has 0 amide bonds. The number of hydrogen-bond donors (Lipinski definition) is 1. The highest BCUT2D eigenvalue weighted by molar-refractivity contribution is 5.56. The van der Waals surface area contributed by atoms with E-state index in [1.54, 1.807) is 18.2 Å². The summed E-state index contributed by atoms with van der Waals surface area (Å²) in [5.74, 6) is 1.68. The molecule has 1 aliphatic rings. The van der Waals surface area contributed by atoms with E-state index in [1.165, 1.54) is 0 Å². The van der Waals surface area contributed by atoms with Gasteiger partial charge >= 0.3 is 0 Å². The van der Waals surface area contributed by atoms with Crippen LogP contribution in [0.15, 0.2) is 57.7 Å². The summed E-state index contributed by atoms with van der Waals surface area (Å²) in [6.45, 7) is 14.5. The van der Waals surface area contributed by atoms with Gasteiger partial charge in [0.05, 0.1) is 11.3 Å². The van der Waals surface area contributed by atoms with Gasteiger partial charge in [-0.15, -0.1) is 0 Å². The fourth-order valence-electron chi connectivity index (χ4n) is 2.44. The molecule has 0 aliphatic carbocycles. The van der Waals surface area contributed by atoms with Crippen LogP contribution in [0.1, 0.15) is 54.9 Å².